The standard InChI is InChI=1S/C16H29BrN2O/c1-4-6-11-18(3)12-8-13-19(5-2)14-16(15-20)9-7-10-17/h7,10,14-15H,4-6,8-9,11-13H2,1-3H3/b10-7+,16-14+. The average Bonchev–Trinajstić information content (AvgIpc) is 2.47. The maximum absolute atomic E-state index is 11.0. The molecule has 0 N–H and O–H groups in total. The number of halogens is 1. The molecule has 0 spiro atoms. The normalized spacial score (nSPS) is 12.3. The summed E-state index contributed by atoms with van der Waals surface area (Å²) in [6.45, 7) is 8.58. The van der Waals surface area contributed by atoms with Crippen molar-refractivity contribution in [3.63, 3.8) is 0 Å². The summed E-state index contributed by atoms with van der Waals surface area (Å²) >= 11 is 3.23. The SMILES string of the molecule is CCCCN(C)CCCN(/C=C(/C=O)C/C=C/Br)CC. The number of hydrogen-bond acceptors (Lipinski definition) is 3. The highest BCUT2D eigenvalue weighted by atomic mass is 79.9. The van der Waals surface area contributed by atoms with Crippen LogP contribution in [0.2, 0.25) is 0 Å². The summed E-state index contributed by atoms with van der Waals surface area (Å²) in [7, 11) is 2.18. The molecule has 0 aromatic rings. The van der Waals surface area contributed by atoms with Crippen molar-refractivity contribution in [3.8, 4) is 0 Å². The molecule has 0 aliphatic heterocycles. The van der Waals surface area contributed by atoms with E-state index in [0.29, 0.717) is 6.42 Å². The van der Waals surface area contributed by atoms with Crippen LogP contribution < -0.4 is 0 Å². The van der Waals surface area contributed by atoms with Crippen molar-refractivity contribution in [2.75, 3.05) is 33.2 Å². The van der Waals surface area contributed by atoms with Gasteiger partial charge in [0, 0.05) is 24.9 Å². The molecule has 0 fully saturated rings. The molecule has 116 valence electrons. The van der Waals surface area contributed by atoms with Crippen molar-refractivity contribution in [3.05, 3.63) is 22.8 Å². The lowest BCUT2D eigenvalue weighted by atomic mass is 10.2. The van der Waals surface area contributed by atoms with Gasteiger partial charge in [-0.15, -0.1) is 0 Å². The molecule has 0 rings (SSSR count). The molecule has 20 heavy (non-hydrogen) atoms. The summed E-state index contributed by atoms with van der Waals surface area (Å²) in [5.74, 6) is 0. The number of allylic oxidation sites excluding steroid dienone is 2. The molecule has 0 saturated heterocycles. The lowest BCUT2D eigenvalue weighted by Crippen LogP contribution is -2.26. The van der Waals surface area contributed by atoms with Crippen LogP contribution in [-0.2, 0) is 4.79 Å². The first-order valence-corrected chi connectivity index (χ1v) is 8.43. The number of unbranched alkanes of at least 4 members (excludes halogenated alkanes) is 1. The monoisotopic (exact) mass is 344 g/mol. The van der Waals surface area contributed by atoms with E-state index in [1.807, 2.05) is 12.3 Å². The fourth-order valence-electron chi connectivity index (χ4n) is 1.94. The summed E-state index contributed by atoms with van der Waals surface area (Å²) in [4.78, 5) is 17.4. The predicted molar refractivity (Wildman–Crippen MR) is 91.1 cm³/mol. The van der Waals surface area contributed by atoms with Crippen LogP contribution in [0.5, 0.6) is 0 Å². The molecule has 0 unspecified atom stereocenters. The third-order valence-electron chi connectivity index (χ3n) is 3.23. The Bertz CT molecular complexity index is 303. The van der Waals surface area contributed by atoms with Gasteiger partial charge >= 0.3 is 0 Å². The van der Waals surface area contributed by atoms with E-state index in [1.54, 1.807) is 4.99 Å². The van der Waals surface area contributed by atoms with Gasteiger partial charge in [-0.05, 0) is 51.3 Å². The van der Waals surface area contributed by atoms with Crippen molar-refractivity contribution in [1.29, 1.82) is 0 Å². The highest BCUT2D eigenvalue weighted by Crippen LogP contribution is 2.04. The highest BCUT2D eigenvalue weighted by Gasteiger charge is 2.02. The number of carbonyl (C=O) groups excluding carboxylic acids is 1. The molecule has 0 atom stereocenters. The summed E-state index contributed by atoms with van der Waals surface area (Å²) in [5, 5.41) is 0. The van der Waals surface area contributed by atoms with Crippen LogP contribution in [0.25, 0.3) is 0 Å². The molecule has 3 nitrogen and oxygen atoms in total. The Balaban J connectivity index is 4.13. The maximum atomic E-state index is 11.0. The second-order valence-corrected chi connectivity index (χ2v) is 5.56. The van der Waals surface area contributed by atoms with E-state index in [9.17, 15) is 4.79 Å². The number of rotatable bonds is 12. The molecule has 0 aliphatic carbocycles. The quantitative estimate of drug-likeness (QED) is 0.397. The van der Waals surface area contributed by atoms with Gasteiger partial charge in [0.25, 0.3) is 0 Å². The van der Waals surface area contributed by atoms with Crippen LogP contribution in [0, 0.1) is 0 Å². The second-order valence-electron chi connectivity index (χ2n) is 5.03. The lowest BCUT2D eigenvalue weighted by Gasteiger charge is -2.22. The van der Waals surface area contributed by atoms with E-state index < -0.39 is 0 Å². The van der Waals surface area contributed by atoms with Gasteiger partial charge in [-0.2, -0.15) is 0 Å². The zero-order valence-corrected chi connectivity index (χ0v) is 14.7. The summed E-state index contributed by atoms with van der Waals surface area (Å²) in [5.41, 5.74) is 0.821. The van der Waals surface area contributed by atoms with Gasteiger partial charge in [-0.3, -0.25) is 4.79 Å². The Hall–Kier alpha value is -0.610. The molecule has 4 heteroatoms. The molecule has 0 bridgehead atoms. The van der Waals surface area contributed by atoms with Crippen LogP contribution >= 0.6 is 15.9 Å². The molecule has 0 aromatic heterocycles. The zero-order chi connectivity index (χ0) is 15.2. The number of aldehydes is 1. The van der Waals surface area contributed by atoms with E-state index in [2.05, 4.69) is 46.6 Å². The number of nitrogens with zero attached hydrogens (tertiary/aromatic N) is 2. The van der Waals surface area contributed by atoms with Gasteiger partial charge < -0.3 is 9.80 Å². The summed E-state index contributed by atoms with van der Waals surface area (Å²) < 4.78 is 0. The van der Waals surface area contributed by atoms with Crippen LogP contribution in [0.15, 0.2) is 22.8 Å². The number of hydrogen-bond donors (Lipinski definition) is 0. The van der Waals surface area contributed by atoms with Gasteiger partial charge in [0.05, 0.1) is 0 Å². The maximum Gasteiger partial charge on any atom is 0.147 e. The first-order valence-electron chi connectivity index (χ1n) is 7.51. The fraction of sp³-hybridized carbons (Fsp3) is 0.688. The van der Waals surface area contributed by atoms with Crippen molar-refractivity contribution in [2.45, 2.75) is 39.5 Å². The molecule has 0 saturated carbocycles. The molecular weight excluding hydrogens is 316 g/mol. The molecule has 0 amide bonds. The smallest absolute Gasteiger partial charge is 0.147 e. The van der Waals surface area contributed by atoms with E-state index in [-0.39, 0.29) is 0 Å². The minimum atomic E-state index is 0.682. The minimum absolute atomic E-state index is 0.682. The molecular formula is C16H29BrN2O. The average molecular weight is 345 g/mol. The van der Waals surface area contributed by atoms with Crippen molar-refractivity contribution in [2.24, 2.45) is 0 Å². The van der Waals surface area contributed by atoms with E-state index in [4.69, 9.17) is 0 Å². The van der Waals surface area contributed by atoms with Crippen molar-refractivity contribution in [1.82, 2.24) is 9.80 Å². The van der Waals surface area contributed by atoms with E-state index >= 15 is 0 Å². The predicted octanol–water partition coefficient (Wildman–Crippen LogP) is 3.81. The van der Waals surface area contributed by atoms with E-state index in [1.165, 1.54) is 19.4 Å². The first-order chi connectivity index (χ1) is 9.67. The molecule has 0 heterocycles. The Morgan fingerprint density at radius 1 is 1.15 bits per heavy atom. The van der Waals surface area contributed by atoms with Gasteiger partial charge in [0.2, 0.25) is 0 Å². The first kappa shape index (κ1) is 19.4. The van der Waals surface area contributed by atoms with Crippen LogP contribution in [0.1, 0.15) is 39.5 Å². The van der Waals surface area contributed by atoms with Gasteiger partial charge in [0.15, 0.2) is 0 Å². The Morgan fingerprint density at radius 2 is 1.85 bits per heavy atom. The van der Waals surface area contributed by atoms with E-state index in [0.717, 1.165) is 37.9 Å². The largest absolute Gasteiger partial charge is 0.377 e. The third kappa shape index (κ3) is 10.2. The molecule has 0 aliphatic rings. The van der Waals surface area contributed by atoms with Crippen molar-refractivity contribution < 1.29 is 4.79 Å². The fourth-order valence-corrected chi connectivity index (χ4v) is 2.13. The lowest BCUT2D eigenvalue weighted by molar-refractivity contribution is -0.105. The zero-order valence-electron chi connectivity index (χ0n) is 13.1. The number of carbonyl (C=O) groups is 1. The topological polar surface area (TPSA) is 23.6 Å². The van der Waals surface area contributed by atoms with Gasteiger partial charge in [0.1, 0.15) is 6.29 Å². The Labute approximate surface area is 132 Å². The molecule has 0 aromatic carbocycles. The molecule has 0 radical (unpaired) electrons. The van der Waals surface area contributed by atoms with Gasteiger partial charge in [-0.1, -0.05) is 35.4 Å². The van der Waals surface area contributed by atoms with Crippen LogP contribution in [0.4, 0.5) is 0 Å². The van der Waals surface area contributed by atoms with Crippen molar-refractivity contribution >= 4 is 22.2 Å². The Morgan fingerprint density at radius 3 is 2.40 bits per heavy atom. The van der Waals surface area contributed by atoms with Crippen LogP contribution in [0.3, 0.4) is 0 Å². The summed E-state index contributed by atoms with van der Waals surface area (Å²) in [6, 6.07) is 0. The summed E-state index contributed by atoms with van der Waals surface area (Å²) in [6.07, 6.45) is 9.20. The Kier molecular flexibility index (Phi) is 13.0. The third-order valence-corrected chi connectivity index (χ3v) is 3.60. The van der Waals surface area contributed by atoms with Gasteiger partial charge in [-0.25, -0.2) is 0 Å². The van der Waals surface area contributed by atoms with Crippen LogP contribution in [-0.4, -0.2) is 49.3 Å². The minimum Gasteiger partial charge on any atom is -0.377 e. The second kappa shape index (κ2) is 13.4. The highest BCUT2D eigenvalue weighted by molar-refractivity contribution is 9.11.